The summed E-state index contributed by atoms with van der Waals surface area (Å²) in [5.41, 5.74) is 6.18. The Bertz CT molecular complexity index is 563. The highest BCUT2D eigenvalue weighted by Gasteiger charge is 2.07. The number of fused-ring (bicyclic) bond motifs is 1. The van der Waals surface area contributed by atoms with Crippen LogP contribution < -0.4 is 5.73 Å². The number of aryl methyl sites for hydroxylation is 1. The van der Waals surface area contributed by atoms with Crippen LogP contribution in [0, 0.1) is 5.82 Å². The molecule has 0 spiro atoms. The standard InChI is InChI=1S/C12H13FN2O2/c1-15-4-2-9-6-8(3-5-17-12(14)16)10(13)7-11(9)15/h2,4,6-7H,3,5H2,1H3,(H2,14,16). The van der Waals surface area contributed by atoms with E-state index in [-0.39, 0.29) is 12.4 Å². The molecule has 0 bridgehead atoms. The van der Waals surface area contributed by atoms with Crippen molar-refractivity contribution in [3.8, 4) is 0 Å². The van der Waals surface area contributed by atoms with Gasteiger partial charge in [-0.3, -0.25) is 0 Å². The molecule has 0 saturated heterocycles. The van der Waals surface area contributed by atoms with Crippen LogP contribution >= 0.6 is 0 Å². The van der Waals surface area contributed by atoms with E-state index in [0.717, 1.165) is 10.9 Å². The SMILES string of the molecule is Cn1ccc2cc(CCOC(N)=O)c(F)cc21. The average Bonchev–Trinajstić information content (AvgIpc) is 2.60. The van der Waals surface area contributed by atoms with Gasteiger partial charge in [-0.2, -0.15) is 0 Å². The summed E-state index contributed by atoms with van der Waals surface area (Å²) in [4.78, 5) is 10.4. The van der Waals surface area contributed by atoms with Gasteiger partial charge in [-0.15, -0.1) is 0 Å². The second kappa shape index (κ2) is 4.45. The Morgan fingerprint density at radius 1 is 1.53 bits per heavy atom. The van der Waals surface area contributed by atoms with E-state index in [9.17, 15) is 9.18 Å². The Hall–Kier alpha value is -2.04. The van der Waals surface area contributed by atoms with Crippen LogP contribution in [0.1, 0.15) is 5.56 Å². The van der Waals surface area contributed by atoms with E-state index in [1.54, 1.807) is 6.07 Å². The molecule has 2 rings (SSSR count). The van der Waals surface area contributed by atoms with Gasteiger partial charge in [-0.25, -0.2) is 9.18 Å². The Morgan fingerprint density at radius 2 is 2.29 bits per heavy atom. The summed E-state index contributed by atoms with van der Waals surface area (Å²) in [5.74, 6) is -0.299. The lowest BCUT2D eigenvalue weighted by molar-refractivity contribution is 0.158. The van der Waals surface area contributed by atoms with Gasteiger partial charge >= 0.3 is 6.09 Å². The molecule has 0 aliphatic carbocycles. The monoisotopic (exact) mass is 236 g/mol. The number of primary amides is 1. The first kappa shape index (κ1) is 11.4. The number of hydrogen-bond acceptors (Lipinski definition) is 2. The van der Waals surface area contributed by atoms with E-state index < -0.39 is 6.09 Å². The van der Waals surface area contributed by atoms with Crippen molar-refractivity contribution in [1.29, 1.82) is 0 Å². The quantitative estimate of drug-likeness (QED) is 0.885. The van der Waals surface area contributed by atoms with Crippen LogP contribution in [0.3, 0.4) is 0 Å². The molecule has 1 heterocycles. The number of ether oxygens (including phenoxy) is 1. The third kappa shape index (κ3) is 2.38. The number of carbonyl (C=O) groups excluding carboxylic acids is 1. The van der Waals surface area contributed by atoms with Crippen LogP contribution in [0.4, 0.5) is 9.18 Å². The summed E-state index contributed by atoms with van der Waals surface area (Å²) in [7, 11) is 1.86. The largest absolute Gasteiger partial charge is 0.449 e. The van der Waals surface area contributed by atoms with Gasteiger partial charge < -0.3 is 15.0 Å². The number of amides is 1. The molecule has 5 heteroatoms. The van der Waals surface area contributed by atoms with Crippen molar-refractivity contribution in [2.45, 2.75) is 6.42 Å². The molecule has 0 unspecified atom stereocenters. The Morgan fingerprint density at radius 3 is 3.00 bits per heavy atom. The first-order valence-corrected chi connectivity index (χ1v) is 5.23. The fraction of sp³-hybridized carbons (Fsp3) is 0.250. The van der Waals surface area contributed by atoms with Crippen LogP contribution in [0.2, 0.25) is 0 Å². The summed E-state index contributed by atoms with van der Waals surface area (Å²) in [6, 6.07) is 5.15. The molecule has 1 aromatic heterocycles. The van der Waals surface area contributed by atoms with Gasteiger partial charge in [-0.1, -0.05) is 0 Å². The van der Waals surface area contributed by atoms with Crippen molar-refractivity contribution < 1.29 is 13.9 Å². The van der Waals surface area contributed by atoms with E-state index in [2.05, 4.69) is 4.74 Å². The third-order valence-electron chi connectivity index (χ3n) is 2.67. The number of nitrogens with two attached hydrogens (primary N) is 1. The molecule has 0 atom stereocenters. The number of hydrogen-bond donors (Lipinski definition) is 1. The van der Waals surface area contributed by atoms with Gasteiger partial charge in [0.2, 0.25) is 0 Å². The smallest absolute Gasteiger partial charge is 0.404 e. The zero-order valence-corrected chi connectivity index (χ0v) is 9.44. The molecular formula is C12H13FN2O2. The number of aromatic nitrogens is 1. The zero-order chi connectivity index (χ0) is 12.4. The van der Waals surface area contributed by atoms with Crippen LogP contribution in [0.25, 0.3) is 10.9 Å². The maximum Gasteiger partial charge on any atom is 0.404 e. The molecule has 2 aromatic rings. The minimum atomic E-state index is -0.841. The number of halogens is 1. The molecule has 0 fully saturated rings. The summed E-state index contributed by atoms with van der Waals surface area (Å²) < 4.78 is 20.2. The van der Waals surface area contributed by atoms with Gasteiger partial charge in [0, 0.05) is 25.1 Å². The molecular weight excluding hydrogens is 223 g/mol. The highest BCUT2D eigenvalue weighted by atomic mass is 19.1. The third-order valence-corrected chi connectivity index (χ3v) is 2.67. The van der Waals surface area contributed by atoms with E-state index in [1.165, 1.54) is 6.07 Å². The van der Waals surface area contributed by atoms with Crippen molar-refractivity contribution in [1.82, 2.24) is 4.57 Å². The molecule has 4 nitrogen and oxygen atoms in total. The van der Waals surface area contributed by atoms with Crippen molar-refractivity contribution in [2.75, 3.05) is 6.61 Å². The van der Waals surface area contributed by atoms with E-state index in [1.807, 2.05) is 23.9 Å². The molecule has 2 N–H and O–H groups in total. The molecule has 0 aliphatic heterocycles. The lowest BCUT2D eigenvalue weighted by Crippen LogP contribution is -2.15. The second-order valence-corrected chi connectivity index (χ2v) is 3.85. The van der Waals surface area contributed by atoms with Crippen molar-refractivity contribution in [3.05, 3.63) is 35.8 Å². The predicted octanol–water partition coefficient (Wildman–Crippen LogP) is 1.96. The van der Waals surface area contributed by atoms with Crippen LogP contribution in [0.5, 0.6) is 0 Å². The van der Waals surface area contributed by atoms with Crippen LogP contribution in [-0.4, -0.2) is 17.3 Å². The topological polar surface area (TPSA) is 57.2 Å². The van der Waals surface area contributed by atoms with Gasteiger partial charge in [0.05, 0.1) is 12.1 Å². The van der Waals surface area contributed by atoms with Crippen molar-refractivity contribution in [2.24, 2.45) is 12.8 Å². The van der Waals surface area contributed by atoms with Crippen LogP contribution in [-0.2, 0) is 18.2 Å². The van der Waals surface area contributed by atoms with Gasteiger partial charge in [0.1, 0.15) is 5.82 Å². The van der Waals surface area contributed by atoms with Gasteiger partial charge in [0.25, 0.3) is 0 Å². The van der Waals surface area contributed by atoms with Gasteiger partial charge in [-0.05, 0) is 23.8 Å². The number of rotatable bonds is 3. The molecule has 0 radical (unpaired) electrons. The van der Waals surface area contributed by atoms with Crippen molar-refractivity contribution >= 4 is 17.0 Å². The summed E-state index contributed by atoms with van der Waals surface area (Å²) >= 11 is 0. The Labute approximate surface area is 97.8 Å². The number of nitrogens with zero attached hydrogens (tertiary/aromatic N) is 1. The summed E-state index contributed by atoms with van der Waals surface area (Å²) in [5, 5.41) is 0.961. The highest BCUT2D eigenvalue weighted by molar-refractivity contribution is 5.81. The predicted molar refractivity (Wildman–Crippen MR) is 62.1 cm³/mol. The van der Waals surface area contributed by atoms with E-state index >= 15 is 0 Å². The maximum atomic E-state index is 13.7. The lowest BCUT2D eigenvalue weighted by atomic mass is 10.1. The lowest BCUT2D eigenvalue weighted by Gasteiger charge is -2.05. The first-order chi connectivity index (χ1) is 8.08. The minimum absolute atomic E-state index is 0.0879. The summed E-state index contributed by atoms with van der Waals surface area (Å²) in [6.45, 7) is 0.0879. The molecule has 90 valence electrons. The van der Waals surface area contributed by atoms with Gasteiger partial charge in [0.15, 0.2) is 0 Å². The normalized spacial score (nSPS) is 10.7. The molecule has 1 aromatic carbocycles. The maximum absolute atomic E-state index is 13.7. The Balaban J connectivity index is 2.22. The molecule has 1 amide bonds. The second-order valence-electron chi connectivity index (χ2n) is 3.85. The highest BCUT2D eigenvalue weighted by Crippen LogP contribution is 2.20. The summed E-state index contributed by atoms with van der Waals surface area (Å²) in [6.07, 6.45) is 1.35. The zero-order valence-electron chi connectivity index (χ0n) is 9.44. The Kier molecular flexibility index (Phi) is 2.99. The fourth-order valence-corrected chi connectivity index (χ4v) is 1.79. The number of benzene rings is 1. The molecule has 0 aliphatic rings. The minimum Gasteiger partial charge on any atom is -0.449 e. The first-order valence-electron chi connectivity index (χ1n) is 5.23. The van der Waals surface area contributed by atoms with E-state index in [0.29, 0.717) is 12.0 Å². The average molecular weight is 236 g/mol. The van der Waals surface area contributed by atoms with Crippen molar-refractivity contribution in [3.63, 3.8) is 0 Å². The van der Waals surface area contributed by atoms with Crippen LogP contribution in [0.15, 0.2) is 24.4 Å². The molecule has 17 heavy (non-hydrogen) atoms. The fourth-order valence-electron chi connectivity index (χ4n) is 1.79. The van der Waals surface area contributed by atoms with E-state index in [4.69, 9.17) is 5.73 Å². The molecule has 0 saturated carbocycles. The number of carbonyl (C=O) groups is 1.